The first-order valence-electron chi connectivity index (χ1n) is 5.48. The Labute approximate surface area is 95.5 Å². The molecule has 1 heterocycles. The molecule has 4 nitrogen and oxygen atoms in total. The molecule has 3 N–H and O–H groups in total. The average Bonchev–Trinajstić information content (AvgIpc) is 2.31. The van der Waals surface area contributed by atoms with Gasteiger partial charge in [0.25, 0.3) is 0 Å². The maximum absolute atomic E-state index is 11.7. The van der Waals surface area contributed by atoms with E-state index in [9.17, 15) is 4.79 Å². The van der Waals surface area contributed by atoms with Crippen LogP contribution in [0.25, 0.3) is 0 Å². The predicted octanol–water partition coefficient (Wildman–Crippen LogP) is 0.987. The molecule has 4 heteroatoms. The van der Waals surface area contributed by atoms with Gasteiger partial charge in [0.1, 0.15) is 0 Å². The zero-order valence-electron chi connectivity index (χ0n) is 9.52. The molecular weight excluding hydrogens is 204 g/mol. The molecule has 0 fully saturated rings. The maximum Gasteiger partial charge on any atom is 0.228 e. The smallest absolute Gasteiger partial charge is 0.228 e. The number of primary amides is 1. The van der Waals surface area contributed by atoms with Crippen LogP contribution in [0.15, 0.2) is 24.5 Å². The van der Waals surface area contributed by atoms with Crippen LogP contribution >= 0.6 is 0 Å². The van der Waals surface area contributed by atoms with Crippen LogP contribution in [-0.2, 0) is 10.2 Å². The fourth-order valence-corrected chi connectivity index (χ4v) is 2.02. The number of aliphatic hydroxyl groups excluding tert-OH is 1. The lowest BCUT2D eigenvalue weighted by atomic mass is 9.74. The second kappa shape index (κ2) is 5.61. The SMILES string of the molecule is CCC(CCCO)(C(N)=O)c1ccncc1. The first-order valence-corrected chi connectivity index (χ1v) is 5.48. The number of hydrogen-bond donors (Lipinski definition) is 2. The van der Waals surface area contributed by atoms with Gasteiger partial charge < -0.3 is 10.8 Å². The number of hydrogen-bond acceptors (Lipinski definition) is 3. The van der Waals surface area contributed by atoms with Gasteiger partial charge in [-0.1, -0.05) is 6.92 Å². The van der Waals surface area contributed by atoms with E-state index < -0.39 is 5.41 Å². The molecular formula is C12H18N2O2. The summed E-state index contributed by atoms with van der Waals surface area (Å²) in [4.78, 5) is 15.6. The van der Waals surface area contributed by atoms with Crippen molar-refractivity contribution in [2.45, 2.75) is 31.6 Å². The Balaban J connectivity index is 3.07. The molecule has 0 aromatic carbocycles. The summed E-state index contributed by atoms with van der Waals surface area (Å²) in [6.07, 6.45) is 5.08. The second-order valence-electron chi connectivity index (χ2n) is 3.86. The van der Waals surface area contributed by atoms with E-state index in [-0.39, 0.29) is 12.5 Å². The number of aliphatic hydroxyl groups is 1. The minimum atomic E-state index is -0.675. The number of rotatable bonds is 6. The summed E-state index contributed by atoms with van der Waals surface area (Å²) < 4.78 is 0. The molecule has 0 spiro atoms. The number of carbonyl (C=O) groups excluding carboxylic acids is 1. The molecule has 16 heavy (non-hydrogen) atoms. The highest BCUT2D eigenvalue weighted by atomic mass is 16.3. The number of nitrogens with two attached hydrogens (primary N) is 1. The Morgan fingerprint density at radius 3 is 2.56 bits per heavy atom. The predicted molar refractivity (Wildman–Crippen MR) is 61.7 cm³/mol. The lowest BCUT2D eigenvalue weighted by Crippen LogP contribution is -2.41. The summed E-state index contributed by atoms with van der Waals surface area (Å²) in [5.74, 6) is -0.338. The van der Waals surface area contributed by atoms with E-state index in [0.717, 1.165) is 5.56 Å². The number of amides is 1. The molecule has 1 amide bonds. The van der Waals surface area contributed by atoms with Crippen molar-refractivity contribution in [3.05, 3.63) is 30.1 Å². The van der Waals surface area contributed by atoms with E-state index in [0.29, 0.717) is 19.3 Å². The first kappa shape index (κ1) is 12.6. The molecule has 0 aliphatic rings. The third kappa shape index (κ3) is 2.39. The lowest BCUT2D eigenvalue weighted by molar-refractivity contribution is -0.124. The van der Waals surface area contributed by atoms with Crippen LogP contribution in [0.4, 0.5) is 0 Å². The summed E-state index contributed by atoms with van der Waals surface area (Å²) in [5, 5.41) is 8.89. The summed E-state index contributed by atoms with van der Waals surface area (Å²) in [6.45, 7) is 2.00. The zero-order chi connectivity index (χ0) is 12.0. The van der Waals surface area contributed by atoms with Crippen molar-refractivity contribution in [1.82, 2.24) is 4.98 Å². The van der Waals surface area contributed by atoms with Crippen molar-refractivity contribution in [1.29, 1.82) is 0 Å². The highest BCUT2D eigenvalue weighted by Gasteiger charge is 2.35. The van der Waals surface area contributed by atoms with E-state index in [1.807, 2.05) is 19.1 Å². The third-order valence-electron chi connectivity index (χ3n) is 3.07. The number of nitrogens with zero attached hydrogens (tertiary/aromatic N) is 1. The van der Waals surface area contributed by atoms with Gasteiger partial charge in [-0.25, -0.2) is 0 Å². The number of aromatic nitrogens is 1. The number of pyridine rings is 1. The van der Waals surface area contributed by atoms with Crippen LogP contribution in [0.2, 0.25) is 0 Å². The normalized spacial score (nSPS) is 14.4. The Morgan fingerprint density at radius 2 is 2.12 bits per heavy atom. The van der Waals surface area contributed by atoms with E-state index in [1.165, 1.54) is 0 Å². The van der Waals surface area contributed by atoms with Crippen LogP contribution < -0.4 is 5.73 Å². The van der Waals surface area contributed by atoms with Gasteiger partial charge in [0, 0.05) is 19.0 Å². The van der Waals surface area contributed by atoms with Gasteiger partial charge >= 0.3 is 0 Å². The summed E-state index contributed by atoms with van der Waals surface area (Å²) in [5.41, 5.74) is 5.72. The molecule has 1 unspecified atom stereocenters. The minimum absolute atomic E-state index is 0.0696. The van der Waals surface area contributed by atoms with Gasteiger partial charge in [-0.2, -0.15) is 0 Å². The molecule has 88 valence electrons. The summed E-state index contributed by atoms with van der Waals surface area (Å²) >= 11 is 0. The molecule has 0 aliphatic heterocycles. The molecule has 0 radical (unpaired) electrons. The van der Waals surface area contributed by atoms with E-state index in [2.05, 4.69) is 4.98 Å². The Morgan fingerprint density at radius 1 is 1.50 bits per heavy atom. The summed E-state index contributed by atoms with van der Waals surface area (Å²) in [6, 6.07) is 3.62. The van der Waals surface area contributed by atoms with Gasteiger partial charge in [-0.15, -0.1) is 0 Å². The van der Waals surface area contributed by atoms with Gasteiger partial charge in [0.2, 0.25) is 5.91 Å². The molecule has 1 aromatic rings. The second-order valence-corrected chi connectivity index (χ2v) is 3.86. The van der Waals surface area contributed by atoms with Gasteiger partial charge in [0.15, 0.2) is 0 Å². The van der Waals surface area contributed by atoms with Crippen molar-refractivity contribution < 1.29 is 9.90 Å². The molecule has 1 aromatic heterocycles. The van der Waals surface area contributed by atoms with Gasteiger partial charge in [0.05, 0.1) is 5.41 Å². The molecule has 0 saturated carbocycles. The van der Waals surface area contributed by atoms with E-state index in [4.69, 9.17) is 10.8 Å². The quantitative estimate of drug-likeness (QED) is 0.753. The van der Waals surface area contributed by atoms with Crippen molar-refractivity contribution in [3.63, 3.8) is 0 Å². The van der Waals surface area contributed by atoms with Crippen LogP contribution in [-0.4, -0.2) is 22.6 Å². The van der Waals surface area contributed by atoms with Gasteiger partial charge in [-0.3, -0.25) is 9.78 Å². The van der Waals surface area contributed by atoms with Crippen LogP contribution in [0.5, 0.6) is 0 Å². The average molecular weight is 222 g/mol. The van der Waals surface area contributed by atoms with Crippen LogP contribution in [0.1, 0.15) is 31.7 Å². The monoisotopic (exact) mass is 222 g/mol. The standard InChI is InChI=1S/C12H18N2O2/c1-2-12(11(13)16,6-3-9-15)10-4-7-14-8-5-10/h4-5,7-8,15H,2-3,6,9H2,1H3,(H2,13,16). The molecule has 1 atom stereocenters. The summed E-state index contributed by atoms with van der Waals surface area (Å²) in [7, 11) is 0. The minimum Gasteiger partial charge on any atom is -0.396 e. The largest absolute Gasteiger partial charge is 0.396 e. The van der Waals surface area contributed by atoms with Crippen LogP contribution in [0.3, 0.4) is 0 Å². The maximum atomic E-state index is 11.7. The van der Waals surface area contributed by atoms with Crippen molar-refractivity contribution in [3.8, 4) is 0 Å². The van der Waals surface area contributed by atoms with E-state index >= 15 is 0 Å². The van der Waals surface area contributed by atoms with E-state index in [1.54, 1.807) is 12.4 Å². The molecule has 0 bridgehead atoms. The zero-order valence-corrected chi connectivity index (χ0v) is 9.52. The lowest BCUT2D eigenvalue weighted by Gasteiger charge is -2.29. The Bertz CT molecular complexity index is 340. The fourth-order valence-electron chi connectivity index (χ4n) is 2.02. The van der Waals surface area contributed by atoms with Gasteiger partial charge in [-0.05, 0) is 37.0 Å². The van der Waals surface area contributed by atoms with Crippen molar-refractivity contribution in [2.24, 2.45) is 5.73 Å². The molecule has 1 rings (SSSR count). The fraction of sp³-hybridized carbons (Fsp3) is 0.500. The first-order chi connectivity index (χ1) is 7.67. The Kier molecular flexibility index (Phi) is 4.43. The van der Waals surface area contributed by atoms with Crippen molar-refractivity contribution >= 4 is 5.91 Å². The van der Waals surface area contributed by atoms with Crippen molar-refractivity contribution in [2.75, 3.05) is 6.61 Å². The Hall–Kier alpha value is -1.42. The number of carbonyl (C=O) groups is 1. The highest BCUT2D eigenvalue weighted by molar-refractivity contribution is 5.86. The third-order valence-corrected chi connectivity index (χ3v) is 3.07. The highest BCUT2D eigenvalue weighted by Crippen LogP contribution is 2.32. The topological polar surface area (TPSA) is 76.2 Å². The van der Waals surface area contributed by atoms with Crippen LogP contribution in [0, 0.1) is 0 Å². The molecule has 0 aliphatic carbocycles. The molecule has 0 saturated heterocycles.